The van der Waals surface area contributed by atoms with Crippen LogP contribution in [0.1, 0.15) is 11.1 Å². The molecule has 0 aliphatic carbocycles. The molecule has 0 spiro atoms. The molecule has 142 valence electrons. The molecule has 3 rings (SSSR count). The molecule has 1 aliphatic rings. The van der Waals surface area contributed by atoms with Crippen molar-refractivity contribution in [2.45, 2.75) is 19.1 Å². The van der Waals surface area contributed by atoms with E-state index in [0.29, 0.717) is 19.8 Å². The van der Waals surface area contributed by atoms with Gasteiger partial charge in [0.15, 0.2) is 0 Å². The number of carbonyl (C=O) groups excluding carboxylic acids is 1. The van der Waals surface area contributed by atoms with Crippen LogP contribution in [0.5, 0.6) is 0 Å². The minimum absolute atomic E-state index is 0.0500. The normalized spacial score (nSPS) is 17.4. The van der Waals surface area contributed by atoms with Crippen molar-refractivity contribution in [3.63, 3.8) is 0 Å². The summed E-state index contributed by atoms with van der Waals surface area (Å²) in [5.74, 6) is -2.32. The SMILES string of the molecule is O=C(O)C(=O)N(Cc1ccccc1)C[C@@H]1COCCN1Cc1ccccc1. The molecule has 6 nitrogen and oxygen atoms in total. The number of nitrogens with zero attached hydrogens (tertiary/aromatic N) is 2. The Bertz CT molecular complexity index is 751. The van der Waals surface area contributed by atoms with Gasteiger partial charge in [-0.2, -0.15) is 0 Å². The topological polar surface area (TPSA) is 70.1 Å². The quantitative estimate of drug-likeness (QED) is 0.790. The Morgan fingerprint density at radius 3 is 2.30 bits per heavy atom. The number of ether oxygens (including phenoxy) is 1. The molecular weight excluding hydrogens is 344 g/mol. The van der Waals surface area contributed by atoms with Gasteiger partial charge < -0.3 is 14.7 Å². The molecule has 6 heteroatoms. The number of amides is 1. The maximum Gasteiger partial charge on any atom is 0.394 e. The fourth-order valence-electron chi connectivity index (χ4n) is 3.30. The first-order valence-electron chi connectivity index (χ1n) is 9.05. The molecule has 0 radical (unpaired) electrons. The lowest BCUT2D eigenvalue weighted by atomic mass is 10.1. The summed E-state index contributed by atoms with van der Waals surface area (Å²) in [5.41, 5.74) is 2.09. The average molecular weight is 368 g/mol. The standard InChI is InChI=1S/C21H24N2O4/c24-20(21(25)26)23(14-18-9-5-2-6-10-18)15-19-16-27-12-11-22(19)13-17-7-3-1-4-8-17/h1-10,19H,11-16H2,(H,25,26)/t19-/m1/s1. The van der Waals surface area contributed by atoms with Gasteiger partial charge in [0.05, 0.1) is 19.3 Å². The van der Waals surface area contributed by atoms with E-state index in [-0.39, 0.29) is 12.6 Å². The first kappa shape index (κ1) is 19.1. The Morgan fingerprint density at radius 2 is 1.67 bits per heavy atom. The van der Waals surface area contributed by atoms with Crippen LogP contribution in [-0.2, 0) is 27.4 Å². The molecule has 2 aromatic carbocycles. The maximum atomic E-state index is 12.3. The van der Waals surface area contributed by atoms with E-state index >= 15 is 0 Å². The fourth-order valence-corrected chi connectivity index (χ4v) is 3.30. The van der Waals surface area contributed by atoms with Crippen LogP contribution in [0.3, 0.4) is 0 Å². The van der Waals surface area contributed by atoms with Crippen LogP contribution in [0.25, 0.3) is 0 Å². The summed E-state index contributed by atoms with van der Waals surface area (Å²) in [6.45, 7) is 3.18. The largest absolute Gasteiger partial charge is 0.474 e. The molecule has 0 aromatic heterocycles. The number of benzene rings is 2. The Hall–Kier alpha value is -2.70. The second kappa shape index (κ2) is 9.30. The van der Waals surface area contributed by atoms with E-state index in [0.717, 1.165) is 18.7 Å². The molecule has 27 heavy (non-hydrogen) atoms. The van der Waals surface area contributed by atoms with Crippen molar-refractivity contribution in [1.29, 1.82) is 0 Å². The summed E-state index contributed by atoms with van der Waals surface area (Å²) in [5, 5.41) is 9.22. The van der Waals surface area contributed by atoms with Gasteiger partial charge in [-0.1, -0.05) is 60.7 Å². The molecule has 2 aromatic rings. The van der Waals surface area contributed by atoms with Crippen molar-refractivity contribution in [1.82, 2.24) is 9.80 Å². The Kier molecular flexibility index (Phi) is 6.57. The number of carboxylic acids is 1. The Morgan fingerprint density at radius 1 is 1.04 bits per heavy atom. The van der Waals surface area contributed by atoms with E-state index in [9.17, 15) is 14.7 Å². The summed E-state index contributed by atoms with van der Waals surface area (Å²) in [6.07, 6.45) is 0. The molecule has 1 heterocycles. The van der Waals surface area contributed by atoms with Gasteiger partial charge in [0, 0.05) is 26.2 Å². The molecule has 1 amide bonds. The third-order valence-corrected chi connectivity index (χ3v) is 4.70. The third-order valence-electron chi connectivity index (χ3n) is 4.70. The molecule has 1 aliphatic heterocycles. The van der Waals surface area contributed by atoms with E-state index < -0.39 is 11.9 Å². The number of hydrogen-bond acceptors (Lipinski definition) is 4. The summed E-state index contributed by atoms with van der Waals surface area (Å²) >= 11 is 0. The number of aliphatic carboxylic acids is 1. The number of carbonyl (C=O) groups is 2. The van der Waals surface area contributed by atoms with Crippen molar-refractivity contribution in [2.75, 3.05) is 26.3 Å². The smallest absolute Gasteiger partial charge is 0.394 e. The van der Waals surface area contributed by atoms with E-state index in [1.54, 1.807) is 0 Å². The van der Waals surface area contributed by atoms with Gasteiger partial charge in [-0.25, -0.2) is 4.79 Å². The lowest BCUT2D eigenvalue weighted by Crippen LogP contribution is -2.52. The Labute approximate surface area is 159 Å². The summed E-state index contributed by atoms with van der Waals surface area (Å²) in [6, 6.07) is 19.5. The van der Waals surface area contributed by atoms with Crippen LogP contribution < -0.4 is 0 Å². The molecule has 0 bridgehead atoms. The summed E-state index contributed by atoms with van der Waals surface area (Å²) in [4.78, 5) is 27.2. The molecule has 1 atom stereocenters. The lowest BCUT2D eigenvalue weighted by molar-refractivity contribution is -0.157. The average Bonchev–Trinajstić information content (AvgIpc) is 2.70. The minimum atomic E-state index is -1.43. The van der Waals surface area contributed by atoms with Crippen LogP contribution in [0.4, 0.5) is 0 Å². The molecule has 1 N–H and O–H groups in total. The van der Waals surface area contributed by atoms with Gasteiger partial charge >= 0.3 is 11.9 Å². The predicted octanol–water partition coefficient (Wildman–Crippen LogP) is 2.00. The van der Waals surface area contributed by atoms with Gasteiger partial charge in [0.1, 0.15) is 0 Å². The van der Waals surface area contributed by atoms with E-state index in [2.05, 4.69) is 17.0 Å². The van der Waals surface area contributed by atoms with Crippen LogP contribution >= 0.6 is 0 Å². The van der Waals surface area contributed by atoms with E-state index in [1.165, 1.54) is 10.5 Å². The van der Waals surface area contributed by atoms with Gasteiger partial charge in [-0.15, -0.1) is 0 Å². The lowest BCUT2D eigenvalue weighted by Gasteiger charge is -2.38. The monoisotopic (exact) mass is 368 g/mol. The summed E-state index contributed by atoms with van der Waals surface area (Å²) < 4.78 is 5.61. The van der Waals surface area contributed by atoms with E-state index in [4.69, 9.17) is 4.74 Å². The number of carboxylic acid groups (broad SMARTS) is 1. The number of morpholine rings is 1. The second-order valence-corrected chi connectivity index (χ2v) is 6.66. The van der Waals surface area contributed by atoms with Gasteiger partial charge in [-0.05, 0) is 11.1 Å². The highest BCUT2D eigenvalue weighted by Crippen LogP contribution is 2.15. The van der Waals surface area contributed by atoms with Crippen LogP contribution in [0.2, 0.25) is 0 Å². The number of rotatable bonds is 6. The molecular formula is C21H24N2O4. The second-order valence-electron chi connectivity index (χ2n) is 6.66. The molecule has 0 unspecified atom stereocenters. The van der Waals surface area contributed by atoms with Crippen molar-refractivity contribution < 1.29 is 19.4 Å². The van der Waals surface area contributed by atoms with Crippen molar-refractivity contribution >= 4 is 11.9 Å². The number of hydrogen-bond donors (Lipinski definition) is 1. The zero-order valence-electron chi connectivity index (χ0n) is 15.2. The first-order chi connectivity index (χ1) is 13.1. The van der Waals surface area contributed by atoms with Crippen LogP contribution in [0, 0.1) is 0 Å². The summed E-state index contributed by atoms with van der Waals surface area (Å²) in [7, 11) is 0. The predicted molar refractivity (Wildman–Crippen MR) is 101 cm³/mol. The highest BCUT2D eigenvalue weighted by molar-refractivity contribution is 6.31. The van der Waals surface area contributed by atoms with Crippen LogP contribution in [0.15, 0.2) is 60.7 Å². The van der Waals surface area contributed by atoms with Crippen LogP contribution in [-0.4, -0.2) is 59.1 Å². The zero-order valence-corrected chi connectivity index (χ0v) is 15.2. The van der Waals surface area contributed by atoms with Crippen molar-refractivity contribution in [2.24, 2.45) is 0 Å². The molecule has 1 saturated heterocycles. The fraction of sp³-hybridized carbons (Fsp3) is 0.333. The van der Waals surface area contributed by atoms with Crippen molar-refractivity contribution in [3.8, 4) is 0 Å². The first-order valence-corrected chi connectivity index (χ1v) is 9.05. The maximum absolute atomic E-state index is 12.3. The van der Waals surface area contributed by atoms with Gasteiger partial charge in [-0.3, -0.25) is 9.69 Å². The van der Waals surface area contributed by atoms with Gasteiger partial charge in [0.2, 0.25) is 0 Å². The van der Waals surface area contributed by atoms with Gasteiger partial charge in [0.25, 0.3) is 0 Å². The molecule has 0 saturated carbocycles. The highest BCUT2D eigenvalue weighted by atomic mass is 16.5. The highest BCUT2D eigenvalue weighted by Gasteiger charge is 2.29. The van der Waals surface area contributed by atoms with E-state index in [1.807, 2.05) is 48.5 Å². The third kappa shape index (κ3) is 5.39. The minimum Gasteiger partial charge on any atom is -0.474 e. The zero-order chi connectivity index (χ0) is 19.1. The molecule has 1 fully saturated rings. The Balaban J connectivity index is 1.73. The van der Waals surface area contributed by atoms with Crippen molar-refractivity contribution in [3.05, 3.63) is 71.8 Å².